The number of hydrogen-bond acceptors (Lipinski definition) is 5. The quantitative estimate of drug-likeness (QED) is 0.741. The van der Waals surface area contributed by atoms with Gasteiger partial charge in [-0.2, -0.15) is 0 Å². The molecule has 1 aliphatic rings. The second-order valence-electron chi connectivity index (χ2n) is 6.76. The molecule has 3 aromatic rings. The number of aryl methyl sites for hydroxylation is 1. The van der Waals surface area contributed by atoms with Crippen molar-refractivity contribution in [2.24, 2.45) is 0 Å². The fourth-order valence-electron chi connectivity index (χ4n) is 3.82. The topological polar surface area (TPSA) is 72.7 Å². The Labute approximate surface area is 154 Å². The van der Waals surface area contributed by atoms with Gasteiger partial charge in [-0.15, -0.1) is 0 Å². The van der Waals surface area contributed by atoms with Gasteiger partial charge in [-0.05, 0) is 25.3 Å². The number of anilines is 2. The Morgan fingerprint density at radius 1 is 1.15 bits per heavy atom. The number of rotatable bonds is 4. The minimum atomic E-state index is -2.81. The van der Waals surface area contributed by atoms with Crippen LogP contribution in [0.2, 0.25) is 0 Å². The lowest BCUT2D eigenvalue weighted by atomic mass is 10.0. The summed E-state index contributed by atoms with van der Waals surface area (Å²) < 4.78 is 28.7. The van der Waals surface area contributed by atoms with Crippen molar-refractivity contribution in [1.82, 2.24) is 19.5 Å². The van der Waals surface area contributed by atoms with E-state index in [1.165, 1.54) is 0 Å². The number of nitrogens with zero attached hydrogens (tertiary/aromatic N) is 4. The van der Waals surface area contributed by atoms with Crippen molar-refractivity contribution in [2.75, 3.05) is 5.32 Å². The SMILES string of the molecule is Cc1c(C(F)F)c(=O)n(C2CCCC2)c2cc(Nc3cnccn3)ncc12. The number of aromatic nitrogens is 4. The molecule has 140 valence electrons. The number of nitrogens with one attached hydrogen (secondary N) is 1. The van der Waals surface area contributed by atoms with E-state index in [0.29, 0.717) is 22.5 Å². The smallest absolute Gasteiger partial charge is 0.269 e. The molecule has 6 nitrogen and oxygen atoms in total. The van der Waals surface area contributed by atoms with Gasteiger partial charge in [-0.1, -0.05) is 12.8 Å². The molecule has 1 N–H and O–H groups in total. The molecule has 0 atom stereocenters. The average Bonchev–Trinajstić information content (AvgIpc) is 3.16. The standard InChI is InChI=1S/C19H19F2N5O/c1-11-13-9-24-15(25-16-10-22-6-7-23-16)8-14(13)26(12-4-2-3-5-12)19(27)17(11)18(20)21/h6-10,12,18H,2-5H2,1H3,(H,23,24,25). The molecule has 8 heteroatoms. The fraction of sp³-hybridized carbons (Fsp3) is 0.368. The van der Waals surface area contributed by atoms with Crippen LogP contribution in [0.1, 0.15) is 49.3 Å². The van der Waals surface area contributed by atoms with Gasteiger partial charge in [0.2, 0.25) is 0 Å². The van der Waals surface area contributed by atoms with Crippen LogP contribution in [-0.4, -0.2) is 19.5 Å². The summed E-state index contributed by atoms with van der Waals surface area (Å²) in [4.78, 5) is 25.4. The second-order valence-corrected chi connectivity index (χ2v) is 6.76. The Kier molecular flexibility index (Phi) is 4.55. The first-order valence-corrected chi connectivity index (χ1v) is 8.92. The van der Waals surface area contributed by atoms with Crippen LogP contribution in [0.15, 0.2) is 35.6 Å². The first-order chi connectivity index (χ1) is 13.1. The van der Waals surface area contributed by atoms with Gasteiger partial charge < -0.3 is 9.88 Å². The molecule has 0 amide bonds. The Balaban J connectivity index is 1.92. The number of pyridine rings is 2. The van der Waals surface area contributed by atoms with Gasteiger partial charge in [0.05, 0.1) is 17.3 Å². The van der Waals surface area contributed by atoms with Crippen LogP contribution < -0.4 is 10.9 Å². The van der Waals surface area contributed by atoms with E-state index < -0.39 is 17.5 Å². The minimum Gasteiger partial charge on any atom is -0.324 e. The van der Waals surface area contributed by atoms with Crippen molar-refractivity contribution in [2.45, 2.75) is 45.1 Å². The van der Waals surface area contributed by atoms with Crippen LogP contribution >= 0.6 is 0 Å². The molecule has 1 aliphatic carbocycles. The van der Waals surface area contributed by atoms with Crippen molar-refractivity contribution in [3.8, 4) is 0 Å². The maximum atomic E-state index is 13.6. The second kappa shape index (κ2) is 7.02. The van der Waals surface area contributed by atoms with Crippen LogP contribution in [0, 0.1) is 6.92 Å². The van der Waals surface area contributed by atoms with Crippen molar-refractivity contribution >= 4 is 22.5 Å². The molecule has 4 rings (SSSR count). The van der Waals surface area contributed by atoms with Gasteiger partial charge in [0.25, 0.3) is 12.0 Å². The summed E-state index contributed by atoms with van der Waals surface area (Å²) in [5, 5.41) is 3.61. The van der Waals surface area contributed by atoms with Crippen molar-refractivity contribution in [3.63, 3.8) is 0 Å². The normalized spacial score (nSPS) is 15.0. The fourth-order valence-corrected chi connectivity index (χ4v) is 3.82. The monoisotopic (exact) mass is 371 g/mol. The molecule has 1 saturated carbocycles. The molecular weight excluding hydrogens is 352 g/mol. The Morgan fingerprint density at radius 3 is 2.59 bits per heavy atom. The Bertz CT molecular complexity index is 1030. The first-order valence-electron chi connectivity index (χ1n) is 8.92. The molecule has 0 saturated heterocycles. The highest BCUT2D eigenvalue weighted by atomic mass is 19.3. The van der Waals surface area contributed by atoms with E-state index in [9.17, 15) is 13.6 Å². The lowest BCUT2D eigenvalue weighted by molar-refractivity contribution is 0.148. The summed E-state index contributed by atoms with van der Waals surface area (Å²) >= 11 is 0. The summed E-state index contributed by atoms with van der Waals surface area (Å²) in [5.41, 5.74) is -0.114. The zero-order valence-corrected chi connectivity index (χ0v) is 14.8. The van der Waals surface area contributed by atoms with E-state index in [0.717, 1.165) is 25.7 Å². The molecule has 0 bridgehead atoms. The van der Waals surface area contributed by atoms with E-state index in [1.807, 2.05) is 0 Å². The Morgan fingerprint density at radius 2 is 1.93 bits per heavy atom. The van der Waals surface area contributed by atoms with Gasteiger partial charge >= 0.3 is 0 Å². The first kappa shape index (κ1) is 17.5. The molecule has 27 heavy (non-hydrogen) atoms. The van der Waals surface area contributed by atoms with Crippen LogP contribution in [0.3, 0.4) is 0 Å². The minimum absolute atomic E-state index is 0.0649. The Hall–Kier alpha value is -2.90. The van der Waals surface area contributed by atoms with Gasteiger partial charge in [0.15, 0.2) is 0 Å². The summed E-state index contributed by atoms with van der Waals surface area (Å²) in [6.45, 7) is 1.56. The summed E-state index contributed by atoms with van der Waals surface area (Å²) in [6, 6.07) is 1.66. The van der Waals surface area contributed by atoms with Crippen molar-refractivity contribution in [1.29, 1.82) is 0 Å². The maximum Gasteiger partial charge on any atom is 0.269 e. The highest BCUT2D eigenvalue weighted by Crippen LogP contribution is 2.34. The summed E-state index contributed by atoms with van der Waals surface area (Å²) in [6.07, 6.45) is 7.02. The van der Waals surface area contributed by atoms with E-state index in [1.54, 1.807) is 42.3 Å². The molecule has 3 aromatic heterocycles. The van der Waals surface area contributed by atoms with Gasteiger partial charge in [0, 0.05) is 36.1 Å². The number of alkyl halides is 2. The zero-order chi connectivity index (χ0) is 19.0. The van der Waals surface area contributed by atoms with Crippen molar-refractivity contribution < 1.29 is 8.78 Å². The van der Waals surface area contributed by atoms with E-state index in [4.69, 9.17) is 0 Å². The van der Waals surface area contributed by atoms with Crippen LogP contribution in [0.5, 0.6) is 0 Å². The van der Waals surface area contributed by atoms with E-state index in [2.05, 4.69) is 20.3 Å². The van der Waals surface area contributed by atoms with Crippen LogP contribution in [0.4, 0.5) is 20.4 Å². The molecular formula is C19H19F2N5O. The molecule has 0 spiro atoms. The van der Waals surface area contributed by atoms with Crippen molar-refractivity contribution in [3.05, 3.63) is 52.3 Å². The lowest BCUT2D eigenvalue weighted by Crippen LogP contribution is -2.28. The maximum absolute atomic E-state index is 13.6. The molecule has 0 aliphatic heterocycles. The highest BCUT2D eigenvalue weighted by molar-refractivity contribution is 5.85. The van der Waals surface area contributed by atoms with Crippen LogP contribution in [-0.2, 0) is 0 Å². The average molecular weight is 371 g/mol. The number of hydrogen-bond donors (Lipinski definition) is 1. The largest absolute Gasteiger partial charge is 0.324 e. The summed E-state index contributed by atoms with van der Waals surface area (Å²) in [7, 11) is 0. The molecule has 0 aromatic carbocycles. The van der Waals surface area contributed by atoms with Gasteiger partial charge in [-0.25, -0.2) is 18.7 Å². The molecule has 1 fully saturated rings. The van der Waals surface area contributed by atoms with E-state index >= 15 is 0 Å². The predicted molar refractivity (Wildman–Crippen MR) is 98.5 cm³/mol. The third-order valence-corrected chi connectivity index (χ3v) is 5.13. The van der Waals surface area contributed by atoms with Gasteiger partial charge in [0.1, 0.15) is 11.6 Å². The molecule has 3 heterocycles. The van der Waals surface area contributed by atoms with Gasteiger partial charge in [-0.3, -0.25) is 9.78 Å². The van der Waals surface area contributed by atoms with E-state index in [-0.39, 0.29) is 11.6 Å². The molecule has 0 radical (unpaired) electrons. The summed E-state index contributed by atoms with van der Waals surface area (Å²) in [5.74, 6) is 0.998. The third kappa shape index (κ3) is 3.15. The lowest BCUT2D eigenvalue weighted by Gasteiger charge is -2.21. The third-order valence-electron chi connectivity index (χ3n) is 5.13. The van der Waals surface area contributed by atoms with Crippen LogP contribution in [0.25, 0.3) is 10.9 Å². The zero-order valence-electron chi connectivity index (χ0n) is 14.8. The predicted octanol–water partition coefficient (Wildman–Crippen LogP) is 4.29. The number of fused-ring (bicyclic) bond motifs is 1. The number of halogens is 2. The highest BCUT2D eigenvalue weighted by Gasteiger charge is 2.26. The molecule has 0 unspecified atom stereocenters.